The number of hydrogen-bond acceptors (Lipinski definition) is 7. The van der Waals surface area contributed by atoms with E-state index in [-0.39, 0.29) is 17.9 Å². The molecule has 0 radical (unpaired) electrons. The minimum absolute atomic E-state index is 0.0253. The van der Waals surface area contributed by atoms with E-state index in [0.717, 1.165) is 0 Å². The van der Waals surface area contributed by atoms with Gasteiger partial charge in [0, 0.05) is 5.69 Å². The van der Waals surface area contributed by atoms with E-state index in [1.54, 1.807) is 48.5 Å². The maximum Gasteiger partial charge on any atom is 0.324 e. The molecule has 1 unspecified atom stereocenters. The van der Waals surface area contributed by atoms with Crippen molar-refractivity contribution in [2.75, 3.05) is 30.1 Å². The molecule has 1 atom stereocenters. The average Bonchev–Trinajstić information content (AvgIpc) is 2.79. The molecular weight excluding hydrogens is 438 g/mol. The third-order valence-electron chi connectivity index (χ3n) is 4.18. The Morgan fingerprint density at radius 1 is 1.13 bits per heavy atom. The van der Waals surface area contributed by atoms with Crippen molar-refractivity contribution >= 4 is 39.3 Å². The summed E-state index contributed by atoms with van der Waals surface area (Å²) in [6, 6.07) is 17.0. The highest BCUT2D eigenvalue weighted by atomic mass is 32.2. The first kappa shape index (κ1) is 24.4. The van der Waals surface area contributed by atoms with Crippen molar-refractivity contribution in [3.63, 3.8) is 0 Å². The molecule has 2 aromatic rings. The fourth-order valence-corrected chi connectivity index (χ4v) is 4.34. The third kappa shape index (κ3) is 7.40. The Balaban J connectivity index is 2.08. The molecule has 0 aliphatic heterocycles. The summed E-state index contributed by atoms with van der Waals surface area (Å²) < 4.78 is 32.7. The molecule has 0 spiro atoms. The SMILES string of the molecule is CSCCC(NS(=O)(=O)c1ccccc1)C(=O)OCC(=O)N(CC#N)c1ccccc1. The van der Waals surface area contributed by atoms with Crippen molar-refractivity contribution in [1.82, 2.24) is 4.72 Å². The van der Waals surface area contributed by atoms with E-state index in [0.29, 0.717) is 11.4 Å². The number of nitriles is 1. The number of amides is 1. The van der Waals surface area contributed by atoms with E-state index < -0.39 is 34.5 Å². The Kier molecular flexibility index (Phi) is 9.52. The lowest BCUT2D eigenvalue weighted by Crippen LogP contribution is -2.43. The van der Waals surface area contributed by atoms with Gasteiger partial charge in [-0.25, -0.2) is 8.42 Å². The zero-order valence-electron chi connectivity index (χ0n) is 16.9. The lowest BCUT2D eigenvalue weighted by atomic mass is 10.2. The van der Waals surface area contributed by atoms with Crippen molar-refractivity contribution in [1.29, 1.82) is 5.26 Å². The van der Waals surface area contributed by atoms with Gasteiger partial charge in [0.25, 0.3) is 5.91 Å². The molecule has 0 bridgehead atoms. The average molecular weight is 462 g/mol. The van der Waals surface area contributed by atoms with Gasteiger partial charge in [-0.2, -0.15) is 21.7 Å². The summed E-state index contributed by atoms with van der Waals surface area (Å²) in [6.45, 7) is -0.824. The van der Waals surface area contributed by atoms with E-state index >= 15 is 0 Å². The van der Waals surface area contributed by atoms with E-state index in [9.17, 15) is 18.0 Å². The first-order chi connectivity index (χ1) is 14.9. The summed E-state index contributed by atoms with van der Waals surface area (Å²) in [6.07, 6.45) is 2.03. The van der Waals surface area contributed by atoms with Crippen LogP contribution in [0.3, 0.4) is 0 Å². The summed E-state index contributed by atoms with van der Waals surface area (Å²) in [4.78, 5) is 26.3. The first-order valence-corrected chi connectivity index (χ1v) is 12.2. The van der Waals surface area contributed by atoms with Crippen LogP contribution in [0.5, 0.6) is 0 Å². The van der Waals surface area contributed by atoms with Gasteiger partial charge in [-0.05, 0) is 42.7 Å². The molecule has 0 aliphatic rings. The predicted octanol–water partition coefficient (Wildman–Crippen LogP) is 2.19. The second-order valence-corrected chi connectivity index (χ2v) is 9.05. The van der Waals surface area contributed by atoms with Crippen molar-refractivity contribution in [3.8, 4) is 6.07 Å². The fourth-order valence-electron chi connectivity index (χ4n) is 2.63. The minimum atomic E-state index is -3.94. The van der Waals surface area contributed by atoms with Crippen molar-refractivity contribution in [3.05, 3.63) is 60.7 Å². The van der Waals surface area contributed by atoms with Crippen LogP contribution in [0.4, 0.5) is 5.69 Å². The normalized spacial score (nSPS) is 11.9. The smallest absolute Gasteiger partial charge is 0.324 e. The molecule has 164 valence electrons. The molecule has 31 heavy (non-hydrogen) atoms. The molecule has 8 nitrogen and oxygen atoms in total. The van der Waals surface area contributed by atoms with Crippen LogP contribution >= 0.6 is 11.8 Å². The van der Waals surface area contributed by atoms with Crippen molar-refractivity contribution in [2.45, 2.75) is 17.4 Å². The molecular formula is C21H23N3O5S2. The van der Waals surface area contributed by atoms with Gasteiger partial charge in [-0.3, -0.25) is 14.5 Å². The summed E-state index contributed by atoms with van der Waals surface area (Å²) >= 11 is 1.45. The number of carbonyl (C=O) groups excluding carboxylic acids is 2. The van der Waals surface area contributed by atoms with Gasteiger partial charge in [0.15, 0.2) is 6.61 Å². The van der Waals surface area contributed by atoms with Crippen LogP contribution in [0.25, 0.3) is 0 Å². The molecule has 2 rings (SSSR count). The number of sulfonamides is 1. The van der Waals surface area contributed by atoms with Gasteiger partial charge in [0.2, 0.25) is 10.0 Å². The molecule has 10 heteroatoms. The standard InChI is InChI=1S/C21H23N3O5S2/c1-30-15-12-19(23-31(27,28)18-10-6-3-7-11-18)21(26)29-16-20(25)24(14-13-22)17-8-4-2-5-9-17/h2-11,19,23H,12,14-16H2,1H3. The maximum absolute atomic E-state index is 12.6. The Morgan fingerprint density at radius 3 is 2.32 bits per heavy atom. The number of rotatable bonds is 11. The second kappa shape index (κ2) is 12.1. The van der Waals surface area contributed by atoms with E-state index in [2.05, 4.69) is 4.72 Å². The van der Waals surface area contributed by atoms with Crippen LogP contribution in [0.1, 0.15) is 6.42 Å². The predicted molar refractivity (Wildman–Crippen MR) is 119 cm³/mol. The highest BCUT2D eigenvalue weighted by molar-refractivity contribution is 7.98. The number of nitrogens with zero attached hydrogens (tertiary/aromatic N) is 2. The van der Waals surface area contributed by atoms with Crippen LogP contribution in [-0.4, -0.2) is 51.5 Å². The van der Waals surface area contributed by atoms with Crippen molar-refractivity contribution in [2.24, 2.45) is 0 Å². The van der Waals surface area contributed by atoms with Gasteiger partial charge >= 0.3 is 5.97 Å². The zero-order chi connectivity index (χ0) is 22.7. The van der Waals surface area contributed by atoms with Gasteiger partial charge in [0.1, 0.15) is 12.6 Å². The van der Waals surface area contributed by atoms with E-state index in [4.69, 9.17) is 10.00 Å². The van der Waals surface area contributed by atoms with Crippen LogP contribution in [0.15, 0.2) is 65.6 Å². The van der Waals surface area contributed by atoms with Crippen LogP contribution in [0, 0.1) is 11.3 Å². The number of para-hydroxylation sites is 1. The number of esters is 1. The van der Waals surface area contributed by atoms with Crippen LogP contribution in [-0.2, 0) is 24.3 Å². The molecule has 1 amide bonds. The topological polar surface area (TPSA) is 117 Å². The molecule has 0 fully saturated rings. The quantitative estimate of drug-likeness (QED) is 0.403. The number of ether oxygens (including phenoxy) is 1. The summed E-state index contributed by atoms with van der Waals surface area (Å²) in [5.74, 6) is -0.933. The molecule has 0 saturated carbocycles. The monoisotopic (exact) mass is 461 g/mol. The third-order valence-corrected chi connectivity index (χ3v) is 6.31. The molecule has 0 heterocycles. The number of hydrogen-bond donors (Lipinski definition) is 1. The Bertz CT molecular complexity index is 1010. The van der Waals surface area contributed by atoms with Gasteiger partial charge in [-0.15, -0.1) is 0 Å². The lowest BCUT2D eigenvalue weighted by Gasteiger charge is -2.21. The highest BCUT2D eigenvalue weighted by Gasteiger charge is 2.28. The molecule has 0 saturated heterocycles. The second-order valence-electron chi connectivity index (χ2n) is 6.35. The summed E-state index contributed by atoms with van der Waals surface area (Å²) in [7, 11) is -3.94. The van der Waals surface area contributed by atoms with Gasteiger partial charge in [0.05, 0.1) is 11.0 Å². The summed E-state index contributed by atoms with van der Waals surface area (Å²) in [5.41, 5.74) is 0.494. The fraction of sp³-hybridized carbons (Fsp3) is 0.286. The van der Waals surface area contributed by atoms with Gasteiger partial charge in [-0.1, -0.05) is 36.4 Å². The number of benzene rings is 2. The lowest BCUT2D eigenvalue weighted by molar-refractivity contribution is -0.149. The summed E-state index contributed by atoms with van der Waals surface area (Å²) in [5, 5.41) is 9.01. The van der Waals surface area contributed by atoms with Crippen LogP contribution < -0.4 is 9.62 Å². The highest BCUT2D eigenvalue weighted by Crippen LogP contribution is 2.14. The molecule has 1 N–H and O–H groups in total. The van der Waals surface area contributed by atoms with Crippen LogP contribution in [0.2, 0.25) is 0 Å². The Hall–Kier alpha value is -2.87. The first-order valence-electron chi connectivity index (χ1n) is 9.34. The molecule has 2 aromatic carbocycles. The largest absolute Gasteiger partial charge is 0.454 e. The zero-order valence-corrected chi connectivity index (χ0v) is 18.6. The number of anilines is 1. The van der Waals surface area contributed by atoms with E-state index in [1.165, 1.54) is 28.8 Å². The van der Waals surface area contributed by atoms with Gasteiger partial charge < -0.3 is 4.74 Å². The molecule has 0 aliphatic carbocycles. The Labute approximate surface area is 186 Å². The number of carbonyl (C=O) groups is 2. The molecule has 0 aromatic heterocycles. The Morgan fingerprint density at radius 2 is 1.74 bits per heavy atom. The van der Waals surface area contributed by atoms with E-state index in [1.807, 2.05) is 12.3 Å². The minimum Gasteiger partial charge on any atom is -0.454 e. The number of nitrogens with one attached hydrogen (secondary N) is 1. The van der Waals surface area contributed by atoms with Crippen molar-refractivity contribution < 1.29 is 22.7 Å². The number of thioether (sulfide) groups is 1. The maximum atomic E-state index is 12.6.